The normalized spacial score (nSPS) is 11.4. The molecule has 0 aliphatic heterocycles. The number of hydrogen-bond donors (Lipinski definition) is 2. The van der Waals surface area contributed by atoms with Crippen molar-refractivity contribution in [2.75, 3.05) is 172 Å². The van der Waals surface area contributed by atoms with E-state index in [0.29, 0.717) is 165 Å². The van der Waals surface area contributed by atoms with E-state index in [1.165, 1.54) is 0 Å². The van der Waals surface area contributed by atoms with E-state index in [1.807, 2.05) is 5.43 Å². The van der Waals surface area contributed by atoms with Gasteiger partial charge in [-0.15, -0.1) is 0 Å². The molecular weight excluding hydrogens is 588 g/mol. The van der Waals surface area contributed by atoms with Crippen LogP contribution in [0.1, 0.15) is 6.42 Å². The predicted octanol–water partition coefficient (Wildman–Crippen LogP) is -0.788. The molecule has 0 aromatic carbocycles. The summed E-state index contributed by atoms with van der Waals surface area (Å²) in [5.74, 6) is 4.71. The number of ether oxygens (including phenoxy) is 13. The van der Waals surface area contributed by atoms with Crippen molar-refractivity contribution < 1.29 is 66.4 Å². The molecule has 0 saturated heterocycles. The maximum Gasteiger partial charge on any atom is 0.236 e. The van der Waals surface area contributed by atoms with E-state index in [4.69, 9.17) is 67.4 Å². The van der Waals surface area contributed by atoms with Gasteiger partial charge in [0.1, 0.15) is 0 Å². The number of hydrogen-bond acceptors (Lipinski definition) is 15. The van der Waals surface area contributed by atoms with E-state index < -0.39 is 0 Å². The fraction of sp³-hybridized carbons (Fsp3) is 0.964. The van der Waals surface area contributed by atoms with Crippen LogP contribution in [0, 0.1) is 0 Å². The lowest BCUT2D eigenvalue weighted by Gasteiger charge is -2.09. The molecule has 0 aliphatic carbocycles. The smallest absolute Gasteiger partial charge is 0.236 e. The average Bonchev–Trinajstić information content (AvgIpc) is 3.04. The monoisotopic (exact) mass is 646 g/mol. The van der Waals surface area contributed by atoms with Crippen molar-refractivity contribution in [3.8, 4) is 0 Å². The number of hydrazine groups is 1. The SMILES string of the molecule is COCCOCCOCCOCCOCCOCCOCCOCCOCCOCCOCCOCCOCCC(=O)NN. The largest absolute Gasteiger partial charge is 0.382 e. The molecule has 44 heavy (non-hydrogen) atoms. The molecule has 3 N–H and O–H groups in total. The summed E-state index contributed by atoms with van der Waals surface area (Å²) >= 11 is 0. The molecule has 0 spiro atoms. The van der Waals surface area contributed by atoms with Crippen LogP contribution in [0.15, 0.2) is 0 Å². The Balaban J connectivity index is 3.04. The molecule has 264 valence electrons. The standard InChI is InChI=1S/C28H58N2O14/c1-32-4-5-34-8-9-36-12-13-38-16-17-40-20-21-42-24-25-44-27-26-43-23-22-41-19-18-39-15-14-37-11-10-35-7-6-33-3-2-28(31)30-29/h2-27,29H2,1H3,(H,30,31). The van der Waals surface area contributed by atoms with Crippen LogP contribution in [0.3, 0.4) is 0 Å². The Labute approximate surface area is 262 Å². The van der Waals surface area contributed by atoms with Crippen LogP contribution in [0.4, 0.5) is 0 Å². The van der Waals surface area contributed by atoms with Gasteiger partial charge in [0.15, 0.2) is 0 Å². The lowest BCUT2D eigenvalue weighted by molar-refractivity contribution is -0.122. The van der Waals surface area contributed by atoms with Gasteiger partial charge in [-0.25, -0.2) is 5.84 Å². The summed E-state index contributed by atoms with van der Waals surface area (Å²) in [6.45, 7) is 12.4. The van der Waals surface area contributed by atoms with Crippen molar-refractivity contribution in [3.63, 3.8) is 0 Å². The highest BCUT2D eigenvalue weighted by molar-refractivity contribution is 5.75. The zero-order chi connectivity index (χ0) is 31.9. The Morgan fingerprint density at radius 3 is 0.727 bits per heavy atom. The molecule has 0 radical (unpaired) electrons. The zero-order valence-corrected chi connectivity index (χ0v) is 26.7. The molecule has 0 atom stereocenters. The summed E-state index contributed by atoms with van der Waals surface area (Å²) in [7, 11) is 1.64. The minimum absolute atomic E-state index is 0.230. The third-order valence-electron chi connectivity index (χ3n) is 5.16. The van der Waals surface area contributed by atoms with Gasteiger partial charge < -0.3 is 61.6 Å². The number of nitrogens with one attached hydrogen (secondary N) is 1. The molecular formula is C28H58N2O14. The second-order valence-electron chi connectivity index (χ2n) is 8.66. The number of methoxy groups -OCH3 is 1. The van der Waals surface area contributed by atoms with Crippen molar-refractivity contribution in [2.24, 2.45) is 5.84 Å². The highest BCUT2D eigenvalue weighted by Gasteiger charge is 1.98. The van der Waals surface area contributed by atoms with Crippen molar-refractivity contribution in [1.82, 2.24) is 5.43 Å². The van der Waals surface area contributed by atoms with E-state index >= 15 is 0 Å². The Kier molecular flexibility index (Phi) is 38.9. The molecule has 0 aromatic heterocycles. The van der Waals surface area contributed by atoms with Crippen molar-refractivity contribution in [3.05, 3.63) is 0 Å². The van der Waals surface area contributed by atoms with Gasteiger partial charge in [0, 0.05) is 7.11 Å². The maximum absolute atomic E-state index is 10.9. The van der Waals surface area contributed by atoms with E-state index in [1.54, 1.807) is 7.11 Å². The van der Waals surface area contributed by atoms with Gasteiger partial charge in [0.2, 0.25) is 5.91 Å². The highest BCUT2D eigenvalue weighted by Crippen LogP contribution is 1.88. The molecule has 0 unspecified atom stereocenters. The first-order valence-electron chi connectivity index (χ1n) is 15.2. The van der Waals surface area contributed by atoms with Crippen molar-refractivity contribution in [1.29, 1.82) is 0 Å². The summed E-state index contributed by atoms with van der Waals surface area (Å²) in [5, 5.41) is 0. The van der Waals surface area contributed by atoms with Gasteiger partial charge in [-0.05, 0) is 0 Å². The molecule has 0 rings (SSSR count). The summed E-state index contributed by atoms with van der Waals surface area (Å²) in [6.07, 6.45) is 0.230. The van der Waals surface area contributed by atoms with Gasteiger partial charge in [-0.2, -0.15) is 0 Å². The van der Waals surface area contributed by atoms with Crippen LogP contribution >= 0.6 is 0 Å². The van der Waals surface area contributed by atoms with Crippen molar-refractivity contribution in [2.45, 2.75) is 6.42 Å². The molecule has 0 fully saturated rings. The van der Waals surface area contributed by atoms with Crippen LogP contribution in [0.25, 0.3) is 0 Å². The fourth-order valence-electron chi connectivity index (χ4n) is 2.90. The molecule has 0 bridgehead atoms. The Hall–Kier alpha value is -1.09. The number of carbonyl (C=O) groups excluding carboxylic acids is 1. The molecule has 16 nitrogen and oxygen atoms in total. The Bertz CT molecular complexity index is 554. The first-order valence-corrected chi connectivity index (χ1v) is 15.2. The molecule has 16 heteroatoms. The van der Waals surface area contributed by atoms with Crippen molar-refractivity contribution >= 4 is 5.91 Å². The van der Waals surface area contributed by atoms with Gasteiger partial charge in [0.05, 0.1) is 172 Å². The van der Waals surface area contributed by atoms with Gasteiger partial charge >= 0.3 is 0 Å². The van der Waals surface area contributed by atoms with Crippen LogP contribution in [0.5, 0.6) is 0 Å². The second-order valence-corrected chi connectivity index (χ2v) is 8.66. The average molecular weight is 647 g/mol. The van der Waals surface area contributed by atoms with Gasteiger partial charge in [0.25, 0.3) is 0 Å². The third-order valence-corrected chi connectivity index (χ3v) is 5.16. The minimum atomic E-state index is -0.258. The number of carbonyl (C=O) groups is 1. The molecule has 0 saturated carbocycles. The molecule has 0 aromatic rings. The quantitative estimate of drug-likeness (QED) is 0.0368. The highest BCUT2D eigenvalue weighted by atomic mass is 16.6. The predicted molar refractivity (Wildman–Crippen MR) is 159 cm³/mol. The minimum Gasteiger partial charge on any atom is -0.382 e. The second kappa shape index (κ2) is 39.9. The Morgan fingerprint density at radius 1 is 0.364 bits per heavy atom. The molecule has 0 aliphatic rings. The topological polar surface area (TPSA) is 175 Å². The zero-order valence-electron chi connectivity index (χ0n) is 26.7. The fourth-order valence-corrected chi connectivity index (χ4v) is 2.90. The summed E-state index contributed by atoms with van der Waals surface area (Å²) in [6, 6.07) is 0. The van der Waals surface area contributed by atoms with Crippen LogP contribution < -0.4 is 11.3 Å². The van der Waals surface area contributed by atoms with E-state index in [9.17, 15) is 4.79 Å². The number of nitrogens with two attached hydrogens (primary N) is 1. The summed E-state index contributed by atoms with van der Waals surface area (Å²) < 4.78 is 69.7. The summed E-state index contributed by atoms with van der Waals surface area (Å²) in [5.41, 5.74) is 2.04. The van der Waals surface area contributed by atoms with Crippen LogP contribution in [-0.4, -0.2) is 178 Å². The van der Waals surface area contributed by atoms with Gasteiger partial charge in [-0.3, -0.25) is 10.2 Å². The van der Waals surface area contributed by atoms with E-state index in [-0.39, 0.29) is 12.3 Å². The first-order chi connectivity index (χ1) is 21.8. The lowest BCUT2D eigenvalue weighted by Crippen LogP contribution is -2.30. The van der Waals surface area contributed by atoms with Crippen LogP contribution in [-0.2, 0) is 66.4 Å². The summed E-state index contributed by atoms with van der Waals surface area (Å²) in [4.78, 5) is 10.9. The Morgan fingerprint density at radius 2 is 0.545 bits per heavy atom. The maximum atomic E-state index is 10.9. The third kappa shape index (κ3) is 38.9. The van der Waals surface area contributed by atoms with Crippen LogP contribution in [0.2, 0.25) is 0 Å². The number of rotatable bonds is 39. The van der Waals surface area contributed by atoms with Gasteiger partial charge in [-0.1, -0.05) is 0 Å². The molecule has 1 amide bonds. The lowest BCUT2D eigenvalue weighted by atomic mass is 10.4. The van der Waals surface area contributed by atoms with E-state index in [2.05, 4.69) is 0 Å². The van der Waals surface area contributed by atoms with E-state index in [0.717, 1.165) is 0 Å². The molecule has 0 heterocycles. The first kappa shape index (κ1) is 42.9. The number of amides is 1.